The molecule has 1 aliphatic heterocycles. The molecule has 4 aromatic rings. The van der Waals surface area contributed by atoms with Crippen LogP contribution in [0.3, 0.4) is 0 Å². The number of esters is 1. The van der Waals surface area contributed by atoms with Crippen LogP contribution in [0.15, 0.2) is 84.7 Å². The van der Waals surface area contributed by atoms with E-state index in [4.69, 9.17) is 9.47 Å². The molecule has 10 heteroatoms. The second-order valence-electron chi connectivity index (χ2n) is 8.65. The number of carbonyl (C=O) groups is 3. The maximum absolute atomic E-state index is 13.4. The fraction of sp³-hybridized carbons (Fsp3) is 0.138. The number of amides is 1. The van der Waals surface area contributed by atoms with Crippen LogP contribution in [-0.4, -0.2) is 39.8 Å². The lowest BCUT2D eigenvalue weighted by atomic mass is 9.95. The summed E-state index contributed by atoms with van der Waals surface area (Å²) in [6.07, 6.45) is 2.96. The molecule has 0 bridgehead atoms. The third-order valence-corrected chi connectivity index (χ3v) is 7.34. The van der Waals surface area contributed by atoms with Crippen LogP contribution < -0.4 is 9.64 Å². The van der Waals surface area contributed by atoms with Gasteiger partial charge in [-0.2, -0.15) is 0 Å². The number of methoxy groups -OCH3 is 1. The van der Waals surface area contributed by atoms with Gasteiger partial charge in [0.15, 0.2) is 5.13 Å². The minimum atomic E-state index is -1.00. The van der Waals surface area contributed by atoms with Gasteiger partial charge in [0.2, 0.25) is 0 Å². The summed E-state index contributed by atoms with van der Waals surface area (Å²) in [5, 5.41) is 11.3. The molecule has 1 fully saturated rings. The molecule has 1 amide bonds. The van der Waals surface area contributed by atoms with Gasteiger partial charge < -0.3 is 14.6 Å². The highest BCUT2D eigenvalue weighted by atomic mass is 32.1. The van der Waals surface area contributed by atoms with Crippen molar-refractivity contribution in [3.05, 3.63) is 112 Å². The zero-order valence-electron chi connectivity index (χ0n) is 21.0. The van der Waals surface area contributed by atoms with Crippen LogP contribution in [-0.2, 0) is 20.9 Å². The number of aromatic nitrogens is 2. The lowest BCUT2D eigenvalue weighted by molar-refractivity contribution is -0.132. The number of aliphatic hydroxyl groups is 1. The van der Waals surface area contributed by atoms with Crippen LogP contribution in [0.25, 0.3) is 5.76 Å². The van der Waals surface area contributed by atoms with Crippen molar-refractivity contribution in [3.8, 4) is 5.75 Å². The van der Waals surface area contributed by atoms with E-state index < -0.39 is 23.7 Å². The third-order valence-electron chi connectivity index (χ3n) is 6.20. The molecule has 1 atom stereocenters. The topological polar surface area (TPSA) is 119 Å². The van der Waals surface area contributed by atoms with E-state index in [1.807, 2.05) is 30.3 Å². The van der Waals surface area contributed by atoms with Gasteiger partial charge in [-0.25, -0.2) is 9.78 Å². The van der Waals surface area contributed by atoms with Gasteiger partial charge in [-0.05, 0) is 42.3 Å². The first kappa shape index (κ1) is 25.8. The molecule has 0 aliphatic carbocycles. The Labute approximate surface area is 228 Å². The molecule has 1 aliphatic rings. The van der Waals surface area contributed by atoms with E-state index >= 15 is 0 Å². The number of aliphatic hydroxyl groups excluding tert-OH is 1. The molecule has 5 rings (SSSR count). The monoisotopic (exact) mass is 541 g/mol. The summed E-state index contributed by atoms with van der Waals surface area (Å²) in [4.78, 5) is 48.7. The number of aryl methyl sites for hydroxylation is 1. The number of Topliss-reactive ketones (excluding diaryl/α,β-unsaturated/α-hetero) is 1. The number of ketones is 1. The highest BCUT2D eigenvalue weighted by Crippen LogP contribution is 2.44. The molecule has 3 heterocycles. The summed E-state index contributed by atoms with van der Waals surface area (Å²) in [6.45, 7) is 1.99. The quantitative estimate of drug-likeness (QED) is 0.153. The largest absolute Gasteiger partial charge is 0.507 e. The average Bonchev–Trinajstić information content (AvgIpc) is 3.48. The number of nitrogens with zero attached hydrogens (tertiary/aromatic N) is 3. The van der Waals surface area contributed by atoms with Crippen molar-refractivity contribution < 1.29 is 29.0 Å². The molecule has 39 heavy (non-hydrogen) atoms. The van der Waals surface area contributed by atoms with Gasteiger partial charge in [0.05, 0.1) is 24.4 Å². The molecule has 1 N–H and O–H groups in total. The average molecular weight is 542 g/mol. The summed E-state index contributed by atoms with van der Waals surface area (Å²) in [6, 6.07) is 18.7. The molecule has 9 nitrogen and oxygen atoms in total. The second-order valence-corrected chi connectivity index (χ2v) is 9.63. The lowest BCUT2D eigenvalue weighted by Gasteiger charge is -2.23. The second kappa shape index (κ2) is 10.9. The smallest absolute Gasteiger partial charge is 0.350 e. The summed E-state index contributed by atoms with van der Waals surface area (Å²) >= 11 is 0.940. The van der Waals surface area contributed by atoms with Gasteiger partial charge in [0.25, 0.3) is 5.78 Å². The Balaban J connectivity index is 1.57. The highest BCUT2D eigenvalue weighted by Gasteiger charge is 2.48. The number of benzene rings is 2. The number of hydrogen-bond donors (Lipinski definition) is 1. The number of anilines is 1. The molecule has 0 radical (unpaired) electrons. The zero-order chi connectivity index (χ0) is 27.5. The number of hydrogen-bond acceptors (Lipinski definition) is 9. The van der Waals surface area contributed by atoms with Crippen LogP contribution in [0.5, 0.6) is 5.75 Å². The predicted octanol–water partition coefficient (Wildman–Crippen LogP) is 4.84. The van der Waals surface area contributed by atoms with Crippen LogP contribution in [0.1, 0.15) is 38.1 Å². The highest BCUT2D eigenvalue weighted by molar-refractivity contribution is 7.17. The maximum Gasteiger partial charge on any atom is 0.350 e. The van der Waals surface area contributed by atoms with E-state index in [2.05, 4.69) is 9.97 Å². The summed E-state index contributed by atoms with van der Waals surface area (Å²) < 4.78 is 10.7. The van der Waals surface area contributed by atoms with Crippen LogP contribution in [0.2, 0.25) is 0 Å². The minimum Gasteiger partial charge on any atom is -0.507 e. The molecule has 0 spiro atoms. The number of carbonyl (C=O) groups excluding carboxylic acids is 3. The van der Waals surface area contributed by atoms with Crippen LogP contribution in [0, 0.1) is 6.92 Å². The fourth-order valence-electron chi connectivity index (χ4n) is 4.27. The normalized spacial score (nSPS) is 16.4. The van der Waals surface area contributed by atoms with E-state index in [1.165, 1.54) is 24.4 Å². The van der Waals surface area contributed by atoms with Crippen molar-refractivity contribution in [1.82, 2.24) is 9.97 Å². The van der Waals surface area contributed by atoms with Gasteiger partial charge in [0.1, 0.15) is 23.0 Å². The van der Waals surface area contributed by atoms with Crippen molar-refractivity contribution >= 4 is 39.9 Å². The van der Waals surface area contributed by atoms with Crippen LogP contribution >= 0.6 is 11.3 Å². The number of ether oxygens (including phenoxy) is 2. The third kappa shape index (κ3) is 5.01. The number of rotatable bonds is 7. The van der Waals surface area contributed by atoms with Crippen molar-refractivity contribution in [1.29, 1.82) is 0 Å². The van der Waals surface area contributed by atoms with E-state index in [-0.39, 0.29) is 21.3 Å². The SMILES string of the molecule is COC(=O)c1sc(N2C(=O)C(=O)C(=C(O)c3ccncc3)C2c2ccc(OCc3ccccc3)cc2)nc1C. The van der Waals surface area contributed by atoms with E-state index in [9.17, 15) is 19.5 Å². The summed E-state index contributed by atoms with van der Waals surface area (Å²) in [7, 11) is 1.25. The molecule has 1 saturated heterocycles. The Morgan fingerprint density at radius 2 is 1.72 bits per heavy atom. The molecule has 2 aromatic heterocycles. The van der Waals surface area contributed by atoms with Crippen molar-refractivity contribution in [2.75, 3.05) is 12.0 Å². The summed E-state index contributed by atoms with van der Waals surface area (Å²) in [5.74, 6) is -2.08. The van der Waals surface area contributed by atoms with Crippen LogP contribution in [0.4, 0.5) is 5.13 Å². The Bertz CT molecular complexity index is 1570. The first-order valence-corrected chi connectivity index (χ1v) is 12.7. The van der Waals surface area contributed by atoms with Gasteiger partial charge in [-0.3, -0.25) is 19.5 Å². The Kier molecular flexibility index (Phi) is 7.20. The minimum absolute atomic E-state index is 0.100. The number of pyridine rings is 1. The molecule has 2 aromatic carbocycles. The van der Waals surface area contributed by atoms with Crippen molar-refractivity contribution in [2.45, 2.75) is 19.6 Å². The van der Waals surface area contributed by atoms with Gasteiger partial charge >= 0.3 is 11.9 Å². The molecule has 0 saturated carbocycles. The Morgan fingerprint density at radius 1 is 1.03 bits per heavy atom. The van der Waals surface area contributed by atoms with Gasteiger partial charge in [-0.1, -0.05) is 53.8 Å². The Morgan fingerprint density at radius 3 is 2.38 bits per heavy atom. The maximum atomic E-state index is 13.4. The van der Waals surface area contributed by atoms with Crippen molar-refractivity contribution in [2.24, 2.45) is 0 Å². The first-order chi connectivity index (χ1) is 18.9. The molecule has 196 valence electrons. The molecule has 1 unspecified atom stereocenters. The number of thiazole rings is 1. The standard InChI is InChI=1S/C29H23N3O6S/c1-17-26(28(36)37-2)39-29(31-17)32-23(22(25(34)27(32)35)24(33)20-12-14-30-15-13-20)19-8-10-21(11-9-19)38-16-18-6-4-3-5-7-18/h3-15,23,33H,16H2,1-2H3. The Hall–Kier alpha value is -4.83. The summed E-state index contributed by atoms with van der Waals surface area (Å²) in [5.41, 5.74) is 2.15. The zero-order valence-corrected chi connectivity index (χ0v) is 21.8. The predicted molar refractivity (Wildman–Crippen MR) is 144 cm³/mol. The molecular weight excluding hydrogens is 518 g/mol. The van der Waals surface area contributed by atoms with Gasteiger partial charge in [-0.15, -0.1) is 0 Å². The van der Waals surface area contributed by atoms with E-state index in [0.717, 1.165) is 16.9 Å². The van der Waals surface area contributed by atoms with E-state index in [0.29, 0.717) is 29.2 Å². The van der Waals surface area contributed by atoms with Crippen molar-refractivity contribution in [3.63, 3.8) is 0 Å². The fourth-order valence-corrected chi connectivity index (χ4v) is 5.28. The molecular formula is C29H23N3O6S. The lowest BCUT2D eigenvalue weighted by Crippen LogP contribution is -2.29. The van der Waals surface area contributed by atoms with E-state index in [1.54, 1.807) is 43.3 Å². The van der Waals surface area contributed by atoms with Gasteiger partial charge in [0, 0.05) is 18.0 Å². The first-order valence-electron chi connectivity index (χ1n) is 11.9.